The molecule has 1 saturated heterocycles. The van der Waals surface area contributed by atoms with Gasteiger partial charge in [0, 0.05) is 37.8 Å². The van der Waals surface area contributed by atoms with Gasteiger partial charge in [-0.25, -0.2) is 0 Å². The SMILES string of the molecule is COc1ccc(CCN2CC(NCc3ccc([N+](=O)[O-])cc3)CC2C(N)=O)cc1. The molecule has 2 aromatic rings. The molecular formula is C21H26N4O4. The van der Waals surface area contributed by atoms with Crippen molar-refractivity contribution in [2.24, 2.45) is 5.73 Å². The zero-order valence-electron chi connectivity index (χ0n) is 16.4. The quantitative estimate of drug-likeness (QED) is 0.493. The van der Waals surface area contributed by atoms with Crippen LogP contribution in [0.5, 0.6) is 5.75 Å². The summed E-state index contributed by atoms with van der Waals surface area (Å²) in [6.07, 6.45) is 1.48. The van der Waals surface area contributed by atoms with E-state index in [-0.39, 0.29) is 23.7 Å². The third kappa shape index (κ3) is 5.52. The van der Waals surface area contributed by atoms with Gasteiger partial charge in [0.1, 0.15) is 5.75 Å². The van der Waals surface area contributed by atoms with Crippen LogP contribution in [0.4, 0.5) is 5.69 Å². The lowest BCUT2D eigenvalue weighted by molar-refractivity contribution is -0.384. The number of nitrogens with two attached hydrogens (primary N) is 1. The molecular weight excluding hydrogens is 372 g/mol. The van der Waals surface area contributed by atoms with Crippen LogP contribution >= 0.6 is 0 Å². The predicted octanol–water partition coefficient (Wildman–Crippen LogP) is 1.86. The van der Waals surface area contributed by atoms with Crippen LogP contribution in [-0.2, 0) is 17.8 Å². The van der Waals surface area contributed by atoms with Gasteiger partial charge in [-0.1, -0.05) is 24.3 Å². The largest absolute Gasteiger partial charge is 0.497 e. The Morgan fingerprint density at radius 1 is 1.21 bits per heavy atom. The molecule has 154 valence electrons. The average Bonchev–Trinajstić information content (AvgIpc) is 3.15. The van der Waals surface area contributed by atoms with E-state index in [9.17, 15) is 14.9 Å². The van der Waals surface area contributed by atoms with Gasteiger partial charge in [-0.05, 0) is 36.1 Å². The molecule has 1 aliphatic rings. The monoisotopic (exact) mass is 398 g/mol. The molecule has 2 unspecified atom stereocenters. The Hall–Kier alpha value is -2.97. The lowest BCUT2D eigenvalue weighted by Gasteiger charge is -2.21. The number of primary amides is 1. The van der Waals surface area contributed by atoms with E-state index < -0.39 is 4.92 Å². The Morgan fingerprint density at radius 2 is 1.86 bits per heavy atom. The highest BCUT2D eigenvalue weighted by Crippen LogP contribution is 2.20. The number of likely N-dealkylation sites (tertiary alicyclic amines) is 1. The standard InChI is InChI=1S/C21H26N4O4/c1-29-19-8-4-15(5-9-19)10-11-24-14-17(12-20(24)21(22)26)23-13-16-2-6-18(7-3-16)25(27)28/h2-9,17,20,23H,10-14H2,1H3,(H2,22,26). The number of methoxy groups -OCH3 is 1. The first-order valence-electron chi connectivity index (χ1n) is 9.59. The minimum Gasteiger partial charge on any atom is -0.497 e. The van der Waals surface area contributed by atoms with Crippen molar-refractivity contribution in [1.82, 2.24) is 10.2 Å². The van der Waals surface area contributed by atoms with Crippen LogP contribution in [0.1, 0.15) is 17.5 Å². The van der Waals surface area contributed by atoms with Crippen molar-refractivity contribution in [2.75, 3.05) is 20.2 Å². The highest BCUT2D eigenvalue weighted by molar-refractivity contribution is 5.80. The molecule has 3 N–H and O–H groups in total. The first kappa shape index (κ1) is 20.8. The van der Waals surface area contributed by atoms with Gasteiger partial charge in [-0.15, -0.1) is 0 Å². The molecule has 1 fully saturated rings. The summed E-state index contributed by atoms with van der Waals surface area (Å²) in [6, 6.07) is 14.2. The first-order valence-corrected chi connectivity index (χ1v) is 9.59. The van der Waals surface area contributed by atoms with Crippen LogP contribution < -0.4 is 15.8 Å². The molecule has 1 heterocycles. The molecule has 3 rings (SSSR count). The maximum Gasteiger partial charge on any atom is 0.269 e. The van der Waals surface area contributed by atoms with Crippen molar-refractivity contribution in [2.45, 2.75) is 31.5 Å². The van der Waals surface area contributed by atoms with E-state index in [2.05, 4.69) is 10.2 Å². The zero-order valence-corrected chi connectivity index (χ0v) is 16.4. The number of nitrogens with one attached hydrogen (secondary N) is 1. The number of hydrogen-bond acceptors (Lipinski definition) is 6. The molecule has 2 aromatic carbocycles. The number of benzene rings is 2. The summed E-state index contributed by atoms with van der Waals surface area (Å²) in [5, 5.41) is 14.2. The van der Waals surface area contributed by atoms with Crippen molar-refractivity contribution >= 4 is 11.6 Å². The number of hydrogen-bond donors (Lipinski definition) is 2. The molecule has 0 saturated carbocycles. The van der Waals surface area contributed by atoms with Gasteiger partial charge in [0.2, 0.25) is 5.91 Å². The highest BCUT2D eigenvalue weighted by atomic mass is 16.6. The third-order valence-corrected chi connectivity index (χ3v) is 5.32. The summed E-state index contributed by atoms with van der Waals surface area (Å²) in [5.41, 5.74) is 7.84. The number of amides is 1. The lowest BCUT2D eigenvalue weighted by Crippen LogP contribution is -2.41. The molecule has 0 spiro atoms. The van der Waals surface area contributed by atoms with Gasteiger partial charge in [-0.3, -0.25) is 19.8 Å². The molecule has 1 amide bonds. The van der Waals surface area contributed by atoms with Gasteiger partial charge < -0.3 is 15.8 Å². The second kappa shape index (κ2) is 9.49. The molecule has 0 bridgehead atoms. The number of nitro benzene ring substituents is 1. The maximum atomic E-state index is 11.9. The van der Waals surface area contributed by atoms with Gasteiger partial charge >= 0.3 is 0 Å². The molecule has 0 radical (unpaired) electrons. The van der Waals surface area contributed by atoms with E-state index in [0.29, 0.717) is 13.0 Å². The average molecular weight is 398 g/mol. The van der Waals surface area contributed by atoms with Crippen LogP contribution in [0.2, 0.25) is 0 Å². The number of ether oxygens (including phenoxy) is 1. The molecule has 0 aromatic heterocycles. The number of non-ortho nitro benzene ring substituents is 1. The van der Waals surface area contributed by atoms with Crippen LogP contribution in [0, 0.1) is 10.1 Å². The van der Waals surface area contributed by atoms with E-state index in [1.54, 1.807) is 19.2 Å². The topological polar surface area (TPSA) is 111 Å². The molecule has 2 atom stereocenters. The molecule has 8 heteroatoms. The Balaban J connectivity index is 1.53. The van der Waals surface area contributed by atoms with Crippen LogP contribution in [0.25, 0.3) is 0 Å². The van der Waals surface area contributed by atoms with Crippen LogP contribution in [-0.4, -0.2) is 48.0 Å². The lowest BCUT2D eigenvalue weighted by atomic mass is 10.1. The Morgan fingerprint density at radius 3 is 2.45 bits per heavy atom. The third-order valence-electron chi connectivity index (χ3n) is 5.32. The van der Waals surface area contributed by atoms with Crippen LogP contribution in [0.15, 0.2) is 48.5 Å². The summed E-state index contributed by atoms with van der Waals surface area (Å²) in [6.45, 7) is 2.06. The minimum absolute atomic E-state index is 0.0770. The van der Waals surface area contributed by atoms with Gasteiger partial charge in [0.15, 0.2) is 0 Å². The minimum atomic E-state index is -0.410. The van der Waals surface area contributed by atoms with Crippen molar-refractivity contribution in [3.05, 3.63) is 69.8 Å². The number of nitrogens with zero attached hydrogens (tertiary/aromatic N) is 2. The summed E-state index contributed by atoms with van der Waals surface area (Å²) in [7, 11) is 1.64. The summed E-state index contributed by atoms with van der Waals surface area (Å²) >= 11 is 0. The number of carbonyl (C=O) groups is 1. The van der Waals surface area contributed by atoms with Gasteiger partial charge in [-0.2, -0.15) is 0 Å². The summed E-state index contributed by atoms with van der Waals surface area (Å²) in [5.74, 6) is 0.514. The number of rotatable bonds is 9. The van der Waals surface area contributed by atoms with E-state index in [1.807, 2.05) is 24.3 Å². The fourth-order valence-corrected chi connectivity index (χ4v) is 3.66. The first-order chi connectivity index (χ1) is 14.0. The number of nitro groups is 1. The Labute approximate surface area is 169 Å². The van der Waals surface area contributed by atoms with E-state index in [1.165, 1.54) is 17.7 Å². The smallest absolute Gasteiger partial charge is 0.269 e. The maximum absolute atomic E-state index is 11.9. The summed E-state index contributed by atoms with van der Waals surface area (Å²) < 4.78 is 5.18. The molecule has 1 aliphatic heterocycles. The zero-order chi connectivity index (χ0) is 20.8. The van der Waals surface area contributed by atoms with Gasteiger partial charge in [0.05, 0.1) is 18.1 Å². The number of carbonyl (C=O) groups excluding carboxylic acids is 1. The molecule has 0 aliphatic carbocycles. The fourth-order valence-electron chi connectivity index (χ4n) is 3.66. The highest BCUT2D eigenvalue weighted by Gasteiger charge is 2.34. The van der Waals surface area contributed by atoms with Crippen molar-refractivity contribution in [3.8, 4) is 5.75 Å². The molecule has 29 heavy (non-hydrogen) atoms. The van der Waals surface area contributed by atoms with Gasteiger partial charge in [0.25, 0.3) is 5.69 Å². The normalized spacial score (nSPS) is 19.2. The predicted molar refractivity (Wildman–Crippen MR) is 110 cm³/mol. The van der Waals surface area contributed by atoms with E-state index in [4.69, 9.17) is 10.5 Å². The van der Waals surface area contributed by atoms with E-state index in [0.717, 1.165) is 30.8 Å². The van der Waals surface area contributed by atoms with Crippen molar-refractivity contribution in [1.29, 1.82) is 0 Å². The second-order valence-electron chi connectivity index (χ2n) is 7.25. The Kier molecular flexibility index (Phi) is 6.79. The van der Waals surface area contributed by atoms with Crippen molar-refractivity contribution in [3.63, 3.8) is 0 Å². The fraction of sp³-hybridized carbons (Fsp3) is 0.381. The van der Waals surface area contributed by atoms with Crippen LogP contribution in [0.3, 0.4) is 0 Å². The Bertz CT molecular complexity index is 839. The summed E-state index contributed by atoms with van der Waals surface area (Å²) in [4.78, 5) is 24.4. The second-order valence-corrected chi connectivity index (χ2v) is 7.25. The molecule has 8 nitrogen and oxygen atoms in total. The van der Waals surface area contributed by atoms with E-state index >= 15 is 0 Å². The van der Waals surface area contributed by atoms with Crippen molar-refractivity contribution < 1.29 is 14.5 Å².